The summed E-state index contributed by atoms with van der Waals surface area (Å²) in [5.74, 6) is 0.360. The van der Waals surface area contributed by atoms with Gasteiger partial charge in [-0.2, -0.15) is 0 Å². The molecule has 1 atom stereocenters. The minimum Gasteiger partial charge on any atom is -0.384 e. The van der Waals surface area contributed by atoms with Crippen LogP contribution in [0.2, 0.25) is 0 Å². The molecule has 20 heavy (non-hydrogen) atoms. The molecule has 2 rings (SSSR count). The number of thiophene rings is 1. The summed E-state index contributed by atoms with van der Waals surface area (Å²) >= 11 is 1.71. The van der Waals surface area contributed by atoms with Gasteiger partial charge in [-0.15, -0.1) is 11.3 Å². The summed E-state index contributed by atoms with van der Waals surface area (Å²) in [6.07, 6.45) is 0.861. The maximum absolute atomic E-state index is 12.5. The van der Waals surface area contributed by atoms with Crippen molar-refractivity contribution in [2.45, 2.75) is 26.3 Å². The Morgan fingerprint density at radius 3 is 2.85 bits per heavy atom. The second kappa shape index (κ2) is 6.05. The predicted octanol–water partition coefficient (Wildman–Crippen LogP) is 2.74. The van der Waals surface area contributed by atoms with Crippen LogP contribution in [0.3, 0.4) is 0 Å². The molecule has 2 aromatic heterocycles. The van der Waals surface area contributed by atoms with Crippen LogP contribution < -0.4 is 5.73 Å². The van der Waals surface area contributed by atoms with E-state index in [0.717, 1.165) is 12.1 Å². The summed E-state index contributed by atoms with van der Waals surface area (Å²) in [4.78, 5) is 19.6. The van der Waals surface area contributed by atoms with Gasteiger partial charge >= 0.3 is 0 Å². The van der Waals surface area contributed by atoms with Crippen molar-refractivity contribution in [3.05, 3.63) is 45.8 Å². The van der Waals surface area contributed by atoms with Crippen molar-refractivity contribution in [3.63, 3.8) is 0 Å². The van der Waals surface area contributed by atoms with E-state index in [1.807, 2.05) is 20.0 Å². The number of nitrogens with zero attached hydrogens (tertiary/aromatic N) is 2. The number of hydrogen-bond acceptors (Lipinski definition) is 4. The lowest BCUT2D eigenvalue weighted by atomic mass is 10.1. The molecule has 0 aromatic carbocycles. The molecule has 2 heterocycles. The van der Waals surface area contributed by atoms with Crippen LogP contribution in [0.1, 0.15) is 27.9 Å². The van der Waals surface area contributed by atoms with Gasteiger partial charge in [-0.1, -0.05) is 6.07 Å². The van der Waals surface area contributed by atoms with E-state index >= 15 is 0 Å². The smallest absolute Gasteiger partial charge is 0.254 e. The quantitative estimate of drug-likeness (QED) is 0.941. The third-order valence-electron chi connectivity index (χ3n) is 3.28. The molecule has 1 unspecified atom stereocenters. The third-order valence-corrected chi connectivity index (χ3v) is 4.18. The van der Waals surface area contributed by atoms with E-state index in [-0.39, 0.29) is 11.9 Å². The fourth-order valence-corrected chi connectivity index (χ4v) is 2.90. The van der Waals surface area contributed by atoms with Crippen molar-refractivity contribution < 1.29 is 4.79 Å². The molecular weight excluding hydrogens is 270 g/mol. The summed E-state index contributed by atoms with van der Waals surface area (Å²) < 4.78 is 0. The van der Waals surface area contributed by atoms with Gasteiger partial charge in [0.1, 0.15) is 5.82 Å². The first-order valence-electron chi connectivity index (χ1n) is 6.51. The number of carbonyl (C=O) groups is 1. The summed E-state index contributed by atoms with van der Waals surface area (Å²) in [5, 5.41) is 2.05. The predicted molar refractivity (Wildman–Crippen MR) is 83.0 cm³/mol. The number of nitrogen functional groups attached to an aromatic ring is 1. The van der Waals surface area contributed by atoms with Gasteiger partial charge in [0.2, 0.25) is 0 Å². The lowest BCUT2D eigenvalue weighted by Gasteiger charge is -2.25. The first-order valence-corrected chi connectivity index (χ1v) is 7.39. The van der Waals surface area contributed by atoms with Gasteiger partial charge < -0.3 is 10.6 Å². The Bertz CT molecular complexity index is 575. The molecule has 0 saturated heterocycles. The maximum Gasteiger partial charge on any atom is 0.254 e. The molecule has 0 aliphatic rings. The number of amides is 1. The fraction of sp³-hybridized carbons (Fsp3) is 0.333. The molecule has 4 nitrogen and oxygen atoms in total. The first kappa shape index (κ1) is 14.5. The molecule has 0 spiro atoms. The number of likely N-dealkylation sites (N-methyl/N-ethyl adjacent to an activating group) is 1. The summed E-state index contributed by atoms with van der Waals surface area (Å²) in [6.45, 7) is 3.89. The highest BCUT2D eigenvalue weighted by atomic mass is 32.1. The van der Waals surface area contributed by atoms with Crippen LogP contribution in [-0.2, 0) is 6.42 Å². The van der Waals surface area contributed by atoms with Gasteiger partial charge in [-0.3, -0.25) is 4.79 Å². The second-order valence-electron chi connectivity index (χ2n) is 4.97. The Kier molecular flexibility index (Phi) is 4.39. The average molecular weight is 289 g/mol. The zero-order valence-electron chi connectivity index (χ0n) is 12.0. The second-order valence-corrected chi connectivity index (χ2v) is 6.00. The van der Waals surface area contributed by atoms with Crippen LogP contribution in [0.4, 0.5) is 5.82 Å². The largest absolute Gasteiger partial charge is 0.384 e. The average Bonchev–Trinajstić information content (AvgIpc) is 2.88. The standard InChI is InChI=1S/C15H19N3OS/c1-10-7-12(9-14(16)17-10)15(19)18(3)11(2)8-13-5-4-6-20-13/h4-7,9,11H,8H2,1-3H3,(H2,16,17). The Labute approximate surface area is 123 Å². The molecule has 0 bridgehead atoms. The Balaban J connectivity index is 2.11. The van der Waals surface area contributed by atoms with E-state index in [4.69, 9.17) is 5.73 Å². The Hall–Kier alpha value is -1.88. The molecular formula is C15H19N3OS. The molecule has 0 radical (unpaired) electrons. The molecule has 106 valence electrons. The topological polar surface area (TPSA) is 59.2 Å². The van der Waals surface area contributed by atoms with E-state index in [2.05, 4.69) is 23.4 Å². The zero-order valence-corrected chi connectivity index (χ0v) is 12.8. The SMILES string of the molecule is Cc1cc(C(=O)N(C)C(C)Cc2cccs2)cc(N)n1. The minimum atomic E-state index is -0.0220. The molecule has 1 amide bonds. The molecule has 0 aliphatic carbocycles. The van der Waals surface area contributed by atoms with E-state index in [1.54, 1.807) is 28.4 Å². The highest BCUT2D eigenvalue weighted by molar-refractivity contribution is 7.09. The number of anilines is 1. The van der Waals surface area contributed by atoms with Gasteiger partial charge in [0.25, 0.3) is 5.91 Å². The monoisotopic (exact) mass is 289 g/mol. The van der Waals surface area contributed by atoms with Gasteiger partial charge in [0, 0.05) is 35.6 Å². The van der Waals surface area contributed by atoms with Gasteiger partial charge in [-0.25, -0.2) is 4.98 Å². The van der Waals surface area contributed by atoms with E-state index < -0.39 is 0 Å². The van der Waals surface area contributed by atoms with Crippen LogP contribution in [0.5, 0.6) is 0 Å². The van der Waals surface area contributed by atoms with E-state index in [0.29, 0.717) is 11.4 Å². The van der Waals surface area contributed by atoms with Crippen LogP contribution in [0.15, 0.2) is 29.6 Å². The molecule has 0 fully saturated rings. The van der Waals surface area contributed by atoms with E-state index in [9.17, 15) is 4.79 Å². The number of hydrogen-bond donors (Lipinski definition) is 1. The summed E-state index contributed by atoms with van der Waals surface area (Å²) in [5.41, 5.74) is 7.05. The van der Waals surface area contributed by atoms with Crippen molar-refractivity contribution in [1.82, 2.24) is 9.88 Å². The number of carbonyl (C=O) groups excluding carboxylic acids is 1. The van der Waals surface area contributed by atoms with Crippen molar-refractivity contribution in [2.24, 2.45) is 0 Å². The highest BCUT2D eigenvalue weighted by Gasteiger charge is 2.18. The van der Waals surface area contributed by atoms with Crippen molar-refractivity contribution in [1.29, 1.82) is 0 Å². The number of aryl methyl sites for hydroxylation is 1. The van der Waals surface area contributed by atoms with Crippen molar-refractivity contribution in [3.8, 4) is 0 Å². The molecule has 2 N–H and O–H groups in total. The number of aromatic nitrogens is 1. The van der Waals surface area contributed by atoms with Crippen LogP contribution in [-0.4, -0.2) is 28.9 Å². The lowest BCUT2D eigenvalue weighted by Crippen LogP contribution is -2.36. The summed E-state index contributed by atoms with van der Waals surface area (Å²) in [6, 6.07) is 7.66. The molecule has 0 saturated carbocycles. The Morgan fingerprint density at radius 2 is 2.25 bits per heavy atom. The van der Waals surface area contributed by atoms with Crippen LogP contribution >= 0.6 is 11.3 Å². The zero-order chi connectivity index (χ0) is 14.7. The van der Waals surface area contributed by atoms with Gasteiger partial charge in [0.15, 0.2) is 0 Å². The van der Waals surface area contributed by atoms with Crippen molar-refractivity contribution >= 4 is 23.1 Å². The molecule has 5 heteroatoms. The Morgan fingerprint density at radius 1 is 1.50 bits per heavy atom. The molecule has 2 aromatic rings. The fourth-order valence-electron chi connectivity index (χ4n) is 2.08. The van der Waals surface area contributed by atoms with Gasteiger partial charge in [-0.05, 0) is 37.4 Å². The molecule has 0 aliphatic heterocycles. The number of nitrogens with two attached hydrogens (primary N) is 1. The van der Waals surface area contributed by atoms with Crippen LogP contribution in [0.25, 0.3) is 0 Å². The van der Waals surface area contributed by atoms with E-state index in [1.165, 1.54) is 4.88 Å². The number of pyridine rings is 1. The third kappa shape index (κ3) is 3.36. The minimum absolute atomic E-state index is 0.0220. The van der Waals surface area contributed by atoms with Crippen LogP contribution in [0, 0.1) is 6.92 Å². The highest BCUT2D eigenvalue weighted by Crippen LogP contribution is 2.16. The normalized spacial score (nSPS) is 12.2. The van der Waals surface area contributed by atoms with Crippen molar-refractivity contribution in [2.75, 3.05) is 12.8 Å². The van der Waals surface area contributed by atoms with Gasteiger partial charge in [0.05, 0.1) is 0 Å². The lowest BCUT2D eigenvalue weighted by molar-refractivity contribution is 0.0744. The first-order chi connectivity index (χ1) is 9.47. The number of rotatable bonds is 4. The summed E-state index contributed by atoms with van der Waals surface area (Å²) in [7, 11) is 1.83. The maximum atomic E-state index is 12.5.